The number of nitrogens with one attached hydrogen (secondary N) is 2. The number of aromatic amines is 1. The van der Waals surface area contributed by atoms with Gasteiger partial charge in [-0.25, -0.2) is 24.3 Å². The number of nitrogens with zero attached hydrogens (tertiary/aromatic N) is 5. The Kier molecular flexibility index (Phi) is 5.86. The van der Waals surface area contributed by atoms with E-state index in [4.69, 9.17) is 0 Å². The van der Waals surface area contributed by atoms with Gasteiger partial charge in [0.05, 0.1) is 30.0 Å². The lowest BCUT2D eigenvalue weighted by Gasteiger charge is -2.22. The van der Waals surface area contributed by atoms with Crippen LogP contribution in [0.3, 0.4) is 0 Å². The Morgan fingerprint density at radius 3 is 2.69 bits per heavy atom. The molecule has 184 valence electrons. The van der Waals surface area contributed by atoms with Gasteiger partial charge in [-0.2, -0.15) is 13.2 Å². The number of imidazole rings is 1. The molecule has 3 heterocycles. The summed E-state index contributed by atoms with van der Waals surface area (Å²) in [7, 11) is 0. The van der Waals surface area contributed by atoms with Gasteiger partial charge in [-0.05, 0) is 36.2 Å². The number of aromatic nitrogens is 6. The zero-order valence-corrected chi connectivity index (χ0v) is 18.8. The van der Waals surface area contributed by atoms with E-state index in [0.717, 1.165) is 10.6 Å². The summed E-state index contributed by atoms with van der Waals surface area (Å²) in [5.41, 5.74) is 0.461. The topological polar surface area (TPSA) is 101 Å². The fraction of sp³-hybridized carbons (Fsp3) is 0.208. The molecule has 0 amide bonds. The summed E-state index contributed by atoms with van der Waals surface area (Å²) in [6.45, 7) is 1.84. The maximum absolute atomic E-state index is 14.7. The molecule has 0 spiro atoms. The van der Waals surface area contributed by atoms with Crippen molar-refractivity contribution >= 4 is 27.9 Å². The molecule has 5 aromatic rings. The monoisotopic (exact) mass is 497 g/mol. The fourth-order valence-electron chi connectivity index (χ4n) is 4.12. The minimum atomic E-state index is -4.43. The van der Waals surface area contributed by atoms with Crippen molar-refractivity contribution in [3.05, 3.63) is 82.7 Å². The van der Waals surface area contributed by atoms with Gasteiger partial charge in [0, 0.05) is 0 Å². The first-order chi connectivity index (χ1) is 17.2. The van der Waals surface area contributed by atoms with Crippen LogP contribution in [0.4, 0.5) is 23.4 Å². The second kappa shape index (κ2) is 9.02. The molecule has 2 N–H and O–H groups in total. The van der Waals surface area contributed by atoms with Crippen LogP contribution in [0.1, 0.15) is 30.8 Å². The molecule has 3 aromatic heterocycles. The summed E-state index contributed by atoms with van der Waals surface area (Å²) in [6, 6.07) is 8.96. The average Bonchev–Trinajstić information content (AvgIpc) is 3.31. The molecule has 0 saturated carbocycles. The number of alkyl halides is 3. The molecule has 0 bridgehead atoms. The van der Waals surface area contributed by atoms with Gasteiger partial charge in [-0.3, -0.25) is 9.36 Å². The SMILES string of the molecule is CCC(Nc1ncnc2nc[nH]c12)c1nc2cccc(F)c2c(=O)n1-c1cccc(CC(F)(F)F)c1. The lowest BCUT2D eigenvalue weighted by atomic mass is 10.1. The number of benzene rings is 2. The predicted octanol–water partition coefficient (Wildman–Crippen LogP) is 4.86. The predicted molar refractivity (Wildman–Crippen MR) is 125 cm³/mol. The summed E-state index contributed by atoms with van der Waals surface area (Å²) in [6.07, 6.45) is -2.40. The van der Waals surface area contributed by atoms with E-state index in [-0.39, 0.29) is 28.0 Å². The molecule has 2 aromatic carbocycles. The van der Waals surface area contributed by atoms with Crippen LogP contribution >= 0.6 is 0 Å². The maximum Gasteiger partial charge on any atom is 0.393 e. The first-order valence-corrected chi connectivity index (χ1v) is 11.0. The van der Waals surface area contributed by atoms with Crippen LogP contribution in [0.2, 0.25) is 0 Å². The van der Waals surface area contributed by atoms with Crippen molar-refractivity contribution in [2.75, 3.05) is 5.32 Å². The third-order valence-electron chi connectivity index (χ3n) is 5.70. The molecule has 1 atom stereocenters. The third-order valence-corrected chi connectivity index (χ3v) is 5.70. The average molecular weight is 497 g/mol. The molecule has 0 saturated heterocycles. The number of fused-ring (bicyclic) bond motifs is 2. The number of H-pyrrole nitrogens is 1. The van der Waals surface area contributed by atoms with E-state index >= 15 is 0 Å². The van der Waals surface area contributed by atoms with Crippen LogP contribution in [-0.2, 0) is 6.42 Å². The molecular formula is C24H19F4N7O. The summed E-state index contributed by atoms with van der Waals surface area (Å²) >= 11 is 0. The van der Waals surface area contributed by atoms with E-state index in [1.54, 1.807) is 0 Å². The zero-order valence-electron chi connectivity index (χ0n) is 18.8. The van der Waals surface area contributed by atoms with E-state index in [1.807, 2.05) is 6.92 Å². The van der Waals surface area contributed by atoms with Gasteiger partial charge in [0.15, 0.2) is 11.5 Å². The van der Waals surface area contributed by atoms with Crippen molar-refractivity contribution in [2.24, 2.45) is 0 Å². The van der Waals surface area contributed by atoms with Gasteiger partial charge in [0.1, 0.15) is 28.9 Å². The van der Waals surface area contributed by atoms with Crippen LogP contribution in [0.5, 0.6) is 0 Å². The highest BCUT2D eigenvalue weighted by molar-refractivity contribution is 5.82. The van der Waals surface area contributed by atoms with Crippen molar-refractivity contribution in [1.82, 2.24) is 29.5 Å². The Morgan fingerprint density at radius 1 is 1.11 bits per heavy atom. The molecule has 8 nitrogen and oxygen atoms in total. The quantitative estimate of drug-likeness (QED) is 0.325. The highest BCUT2D eigenvalue weighted by atomic mass is 19.4. The molecule has 36 heavy (non-hydrogen) atoms. The molecule has 0 aliphatic rings. The Morgan fingerprint density at radius 2 is 1.92 bits per heavy atom. The normalized spacial score (nSPS) is 12.8. The summed E-state index contributed by atoms with van der Waals surface area (Å²) in [5.74, 6) is -0.181. The van der Waals surface area contributed by atoms with Crippen LogP contribution < -0.4 is 10.9 Å². The summed E-state index contributed by atoms with van der Waals surface area (Å²) in [4.78, 5) is 33.6. The number of anilines is 1. The summed E-state index contributed by atoms with van der Waals surface area (Å²) < 4.78 is 55.0. The Balaban J connectivity index is 1.71. The number of rotatable bonds is 6. The Bertz CT molecular complexity index is 1630. The smallest absolute Gasteiger partial charge is 0.358 e. The Hall–Kier alpha value is -4.35. The van der Waals surface area contributed by atoms with E-state index in [0.29, 0.717) is 23.4 Å². The van der Waals surface area contributed by atoms with Gasteiger partial charge in [0.25, 0.3) is 5.56 Å². The molecule has 1 unspecified atom stereocenters. The van der Waals surface area contributed by atoms with Crippen molar-refractivity contribution in [2.45, 2.75) is 32.0 Å². The van der Waals surface area contributed by atoms with Crippen molar-refractivity contribution in [3.63, 3.8) is 0 Å². The summed E-state index contributed by atoms with van der Waals surface area (Å²) in [5, 5.41) is 2.97. The first kappa shape index (κ1) is 23.4. The molecule has 12 heteroatoms. The standard InChI is InChI=1S/C24H19F4N7O/c1-2-16(33-21-19-20(30-11-29-19)31-12-32-21)22-34-17-8-4-7-15(25)18(17)23(36)35(22)14-6-3-5-13(9-14)10-24(26,27)28/h3-9,11-12,16H,2,10H2,1H3,(H2,29,30,31,32,33). The van der Waals surface area contributed by atoms with E-state index in [1.165, 1.54) is 49.1 Å². The first-order valence-electron chi connectivity index (χ1n) is 11.0. The largest absolute Gasteiger partial charge is 0.393 e. The third kappa shape index (κ3) is 4.37. The zero-order chi connectivity index (χ0) is 25.4. The second-order valence-corrected chi connectivity index (χ2v) is 8.13. The van der Waals surface area contributed by atoms with Gasteiger partial charge in [-0.1, -0.05) is 25.1 Å². The lowest BCUT2D eigenvalue weighted by molar-refractivity contribution is -0.127. The molecule has 0 aliphatic heterocycles. The number of hydrogen-bond acceptors (Lipinski definition) is 6. The van der Waals surface area contributed by atoms with E-state index in [2.05, 4.69) is 30.2 Å². The highest BCUT2D eigenvalue weighted by Gasteiger charge is 2.28. The van der Waals surface area contributed by atoms with Gasteiger partial charge >= 0.3 is 6.18 Å². The van der Waals surface area contributed by atoms with Crippen LogP contribution in [0.25, 0.3) is 27.8 Å². The van der Waals surface area contributed by atoms with Crippen LogP contribution in [0, 0.1) is 5.82 Å². The van der Waals surface area contributed by atoms with Crippen molar-refractivity contribution < 1.29 is 17.6 Å². The van der Waals surface area contributed by atoms with E-state index in [9.17, 15) is 22.4 Å². The van der Waals surface area contributed by atoms with Crippen LogP contribution in [0.15, 0.2) is 59.9 Å². The lowest BCUT2D eigenvalue weighted by Crippen LogP contribution is -2.29. The van der Waals surface area contributed by atoms with Gasteiger partial charge in [0.2, 0.25) is 0 Å². The van der Waals surface area contributed by atoms with Gasteiger partial charge < -0.3 is 10.3 Å². The molecule has 5 rings (SSSR count). The van der Waals surface area contributed by atoms with Crippen molar-refractivity contribution in [1.29, 1.82) is 0 Å². The highest BCUT2D eigenvalue weighted by Crippen LogP contribution is 2.28. The maximum atomic E-state index is 14.7. The number of halogens is 4. The molecular weight excluding hydrogens is 478 g/mol. The molecule has 0 aliphatic carbocycles. The van der Waals surface area contributed by atoms with Crippen molar-refractivity contribution in [3.8, 4) is 5.69 Å². The molecule has 0 radical (unpaired) electrons. The van der Waals surface area contributed by atoms with Gasteiger partial charge in [-0.15, -0.1) is 0 Å². The Labute approximate surface area is 201 Å². The second-order valence-electron chi connectivity index (χ2n) is 8.13. The van der Waals surface area contributed by atoms with E-state index < -0.39 is 30.0 Å². The molecule has 0 fully saturated rings. The minimum Gasteiger partial charge on any atom is -0.358 e. The fourth-order valence-corrected chi connectivity index (χ4v) is 4.12. The van der Waals surface area contributed by atoms with Crippen LogP contribution in [-0.4, -0.2) is 35.7 Å². The minimum absolute atomic E-state index is 0.0394. The number of hydrogen-bond donors (Lipinski definition) is 2.